The third kappa shape index (κ3) is 2.39. The van der Waals surface area contributed by atoms with Crippen molar-refractivity contribution in [3.8, 4) is 5.75 Å². The van der Waals surface area contributed by atoms with Gasteiger partial charge in [-0.15, -0.1) is 5.10 Å². The van der Waals surface area contributed by atoms with Crippen LogP contribution < -0.4 is 5.32 Å². The summed E-state index contributed by atoms with van der Waals surface area (Å²) in [6.07, 6.45) is 0. The van der Waals surface area contributed by atoms with Crippen LogP contribution in [-0.4, -0.2) is 31.2 Å². The van der Waals surface area contributed by atoms with Crippen LogP contribution in [0.5, 0.6) is 5.75 Å². The number of carbonyl (C=O) groups is 1. The Kier molecular flexibility index (Phi) is 2.73. The minimum absolute atomic E-state index is 0.0861. The molecule has 2 aromatic rings. The van der Waals surface area contributed by atoms with Gasteiger partial charge in [-0.05, 0) is 24.3 Å². The molecule has 0 atom stereocenters. The van der Waals surface area contributed by atoms with E-state index in [1.54, 1.807) is 19.2 Å². The Labute approximate surface area is 97.1 Å². The lowest BCUT2D eigenvalue weighted by atomic mass is 10.1. The lowest BCUT2D eigenvalue weighted by molar-refractivity contribution is 0.102. The first kappa shape index (κ1) is 11.1. The fourth-order valence-electron chi connectivity index (χ4n) is 1.33. The van der Waals surface area contributed by atoms with Crippen molar-refractivity contribution in [2.45, 2.75) is 6.92 Å². The molecule has 7 heteroatoms. The van der Waals surface area contributed by atoms with Crippen LogP contribution in [0.25, 0.3) is 0 Å². The molecule has 1 aromatic heterocycles. The average Bonchev–Trinajstić information content (AvgIpc) is 2.67. The van der Waals surface area contributed by atoms with Crippen molar-refractivity contribution in [2.75, 3.05) is 5.32 Å². The van der Waals surface area contributed by atoms with Gasteiger partial charge in [-0.2, -0.15) is 4.80 Å². The van der Waals surface area contributed by atoms with Gasteiger partial charge < -0.3 is 5.11 Å². The maximum absolute atomic E-state index is 11.8. The number of benzene rings is 1. The molecule has 2 rings (SSSR count). The number of carbonyl (C=O) groups excluding carboxylic acids is 1. The first-order chi connectivity index (χ1) is 8.06. The van der Waals surface area contributed by atoms with Gasteiger partial charge in [0.2, 0.25) is 0 Å². The van der Waals surface area contributed by atoms with Crippen molar-refractivity contribution in [3.05, 3.63) is 29.3 Å². The van der Waals surface area contributed by atoms with E-state index in [1.807, 2.05) is 6.92 Å². The van der Waals surface area contributed by atoms with Crippen LogP contribution >= 0.6 is 0 Å². The molecule has 1 aromatic carbocycles. The van der Waals surface area contributed by atoms with E-state index in [-0.39, 0.29) is 17.3 Å². The molecule has 0 aliphatic rings. The van der Waals surface area contributed by atoms with Crippen LogP contribution in [0.1, 0.15) is 15.9 Å². The summed E-state index contributed by atoms with van der Waals surface area (Å²) in [4.78, 5) is 13.0. The van der Waals surface area contributed by atoms with Crippen molar-refractivity contribution < 1.29 is 9.90 Å². The zero-order valence-corrected chi connectivity index (χ0v) is 9.38. The molecule has 0 radical (unpaired) electrons. The fourth-order valence-corrected chi connectivity index (χ4v) is 1.33. The molecule has 17 heavy (non-hydrogen) atoms. The van der Waals surface area contributed by atoms with Crippen LogP contribution in [0.4, 0.5) is 5.95 Å². The Morgan fingerprint density at radius 2 is 2.24 bits per heavy atom. The predicted octanol–water partition coefficient (Wildman–Crippen LogP) is 0.476. The number of aromatic hydroxyl groups is 1. The normalized spacial score (nSPS) is 10.2. The molecule has 2 N–H and O–H groups in total. The lowest BCUT2D eigenvalue weighted by Gasteiger charge is -2.04. The van der Waals surface area contributed by atoms with Crippen molar-refractivity contribution in [1.29, 1.82) is 0 Å². The molecule has 88 valence electrons. The molecule has 0 aliphatic carbocycles. The minimum atomic E-state index is -0.473. The molecule has 7 nitrogen and oxygen atoms in total. The Hall–Kier alpha value is -2.44. The van der Waals surface area contributed by atoms with Gasteiger partial charge in [-0.3, -0.25) is 10.1 Å². The van der Waals surface area contributed by atoms with Crippen molar-refractivity contribution >= 4 is 11.9 Å². The first-order valence-electron chi connectivity index (χ1n) is 4.91. The Balaban J connectivity index is 2.22. The monoisotopic (exact) mass is 233 g/mol. The molecule has 1 heterocycles. The number of amides is 1. The van der Waals surface area contributed by atoms with Gasteiger partial charge in [0.1, 0.15) is 5.75 Å². The number of hydrogen-bond donors (Lipinski definition) is 2. The number of phenols is 1. The van der Waals surface area contributed by atoms with Crippen molar-refractivity contribution in [3.63, 3.8) is 0 Å². The average molecular weight is 233 g/mol. The molecule has 0 fully saturated rings. The summed E-state index contributed by atoms with van der Waals surface area (Å²) in [7, 11) is 1.59. The summed E-state index contributed by atoms with van der Waals surface area (Å²) in [5.74, 6) is -0.463. The summed E-state index contributed by atoms with van der Waals surface area (Å²) in [5, 5.41) is 23.0. The Morgan fingerprint density at radius 3 is 2.88 bits per heavy atom. The van der Waals surface area contributed by atoms with Crippen LogP contribution in [0.3, 0.4) is 0 Å². The second-order valence-electron chi connectivity index (χ2n) is 3.58. The highest BCUT2D eigenvalue weighted by molar-refractivity contribution is 6.05. The number of rotatable bonds is 2. The maximum Gasteiger partial charge on any atom is 0.270 e. The second kappa shape index (κ2) is 4.20. The highest BCUT2D eigenvalue weighted by Crippen LogP contribution is 2.18. The minimum Gasteiger partial charge on any atom is -0.507 e. The molecule has 0 saturated carbocycles. The number of nitrogens with zero attached hydrogens (tertiary/aromatic N) is 4. The summed E-state index contributed by atoms with van der Waals surface area (Å²) in [5.41, 5.74) is 1.05. The smallest absolute Gasteiger partial charge is 0.270 e. The molecule has 0 aliphatic heterocycles. The number of anilines is 1. The van der Waals surface area contributed by atoms with Gasteiger partial charge in [0.25, 0.3) is 11.9 Å². The third-order valence-electron chi connectivity index (χ3n) is 2.13. The highest BCUT2D eigenvalue weighted by atomic mass is 16.3. The van der Waals surface area contributed by atoms with E-state index in [1.165, 1.54) is 10.9 Å². The number of tetrazole rings is 1. The quantitative estimate of drug-likeness (QED) is 0.786. The van der Waals surface area contributed by atoms with Crippen molar-refractivity contribution in [2.24, 2.45) is 7.05 Å². The van der Waals surface area contributed by atoms with E-state index in [9.17, 15) is 9.90 Å². The van der Waals surface area contributed by atoms with Gasteiger partial charge in [0, 0.05) is 0 Å². The fraction of sp³-hybridized carbons (Fsp3) is 0.200. The van der Waals surface area contributed by atoms with Gasteiger partial charge in [0.05, 0.1) is 12.6 Å². The van der Waals surface area contributed by atoms with E-state index in [0.29, 0.717) is 0 Å². The molecule has 0 spiro atoms. The zero-order valence-electron chi connectivity index (χ0n) is 9.38. The predicted molar refractivity (Wildman–Crippen MR) is 59.6 cm³/mol. The number of phenolic OH excluding ortho intramolecular Hbond substituents is 1. The van der Waals surface area contributed by atoms with E-state index in [2.05, 4.69) is 20.7 Å². The van der Waals surface area contributed by atoms with Gasteiger partial charge in [-0.1, -0.05) is 16.7 Å². The van der Waals surface area contributed by atoms with E-state index >= 15 is 0 Å². The van der Waals surface area contributed by atoms with Crippen LogP contribution in [0.2, 0.25) is 0 Å². The topological polar surface area (TPSA) is 92.9 Å². The number of aryl methyl sites for hydroxylation is 2. The second-order valence-corrected chi connectivity index (χ2v) is 3.58. The third-order valence-corrected chi connectivity index (χ3v) is 2.13. The van der Waals surface area contributed by atoms with Gasteiger partial charge in [-0.25, -0.2) is 0 Å². The van der Waals surface area contributed by atoms with Crippen LogP contribution in [0, 0.1) is 6.92 Å². The number of aromatic nitrogens is 4. The Bertz CT molecular complexity index is 564. The highest BCUT2D eigenvalue weighted by Gasteiger charge is 2.13. The molecule has 1 amide bonds. The Morgan fingerprint density at radius 1 is 1.47 bits per heavy atom. The molecule has 0 bridgehead atoms. The summed E-state index contributed by atoms with van der Waals surface area (Å²) in [6.45, 7) is 1.83. The lowest BCUT2D eigenvalue weighted by Crippen LogP contribution is -2.13. The van der Waals surface area contributed by atoms with Gasteiger partial charge >= 0.3 is 0 Å². The maximum atomic E-state index is 11.8. The zero-order chi connectivity index (χ0) is 12.4. The largest absolute Gasteiger partial charge is 0.507 e. The molecular weight excluding hydrogens is 222 g/mol. The first-order valence-corrected chi connectivity index (χ1v) is 4.91. The number of nitrogens with one attached hydrogen (secondary N) is 1. The summed E-state index contributed by atoms with van der Waals surface area (Å²) in [6, 6.07) is 4.77. The van der Waals surface area contributed by atoms with E-state index < -0.39 is 5.91 Å². The van der Waals surface area contributed by atoms with Crippen molar-refractivity contribution in [1.82, 2.24) is 20.2 Å². The molecular formula is C10H11N5O2. The summed E-state index contributed by atoms with van der Waals surface area (Å²) < 4.78 is 0. The molecule has 0 saturated heterocycles. The van der Waals surface area contributed by atoms with Crippen LogP contribution in [0.15, 0.2) is 18.2 Å². The van der Waals surface area contributed by atoms with E-state index in [4.69, 9.17) is 0 Å². The number of hydrogen-bond acceptors (Lipinski definition) is 5. The van der Waals surface area contributed by atoms with E-state index in [0.717, 1.165) is 5.56 Å². The van der Waals surface area contributed by atoms with Crippen LogP contribution in [-0.2, 0) is 7.05 Å². The summed E-state index contributed by atoms with van der Waals surface area (Å²) >= 11 is 0. The standard InChI is InChI=1S/C10H11N5O2/c1-6-3-4-8(16)7(5-6)9(17)11-10-12-14-15(2)13-10/h3-5,16H,1-2H3,(H,11,13,17). The SMILES string of the molecule is Cc1ccc(O)c(C(=O)Nc2nnn(C)n2)c1. The van der Waals surface area contributed by atoms with Gasteiger partial charge in [0.15, 0.2) is 0 Å². The molecule has 0 unspecified atom stereocenters.